The number of benzene rings is 2. The van der Waals surface area contributed by atoms with E-state index < -0.39 is 16.1 Å². The highest BCUT2D eigenvalue weighted by Crippen LogP contribution is 2.32. The van der Waals surface area contributed by atoms with E-state index in [2.05, 4.69) is 45.4 Å². The highest BCUT2D eigenvalue weighted by molar-refractivity contribution is 7.92. The first-order valence-electron chi connectivity index (χ1n) is 16.4. The van der Waals surface area contributed by atoms with E-state index in [9.17, 15) is 13.2 Å². The smallest absolute Gasteiger partial charge is 0.264 e. The van der Waals surface area contributed by atoms with Crippen molar-refractivity contribution in [2.24, 2.45) is 5.41 Å². The van der Waals surface area contributed by atoms with Gasteiger partial charge in [0.2, 0.25) is 11.8 Å². The summed E-state index contributed by atoms with van der Waals surface area (Å²) in [6.45, 7) is 11.6. The van der Waals surface area contributed by atoms with Gasteiger partial charge in [0.05, 0.1) is 48.8 Å². The standard InChI is InChI=1S/C36H42N6O6S/c1-23-8-6-9-24(2)33(23)30-17-32-40-35(39-30)41-49(44,45)29-11-7-10-25(16-29)34(43)42(26(22-47-32)18-36(3,4)5)21-31-37-19-28(20-38-31)48-27-12-14-46-15-13-27/h6-11,16-17,19-20,26-27H,12-15,18,21-22H2,1-5H3,(H,39,40,41)/t26-/m1/s1. The Balaban J connectivity index is 1.40. The quantitative estimate of drug-likeness (QED) is 0.266. The van der Waals surface area contributed by atoms with Gasteiger partial charge >= 0.3 is 0 Å². The molecule has 4 aromatic rings. The Morgan fingerprint density at radius 2 is 1.67 bits per heavy atom. The Bertz CT molecular complexity index is 1900. The molecule has 2 aliphatic heterocycles. The van der Waals surface area contributed by atoms with Crippen molar-refractivity contribution >= 4 is 21.9 Å². The number of carbonyl (C=O) groups is 1. The first kappa shape index (κ1) is 34.3. The summed E-state index contributed by atoms with van der Waals surface area (Å²) in [5.41, 5.74) is 3.29. The molecule has 2 aliphatic rings. The van der Waals surface area contributed by atoms with Crippen molar-refractivity contribution in [3.8, 4) is 22.9 Å². The summed E-state index contributed by atoms with van der Waals surface area (Å²) in [7, 11) is -4.18. The zero-order valence-corrected chi connectivity index (χ0v) is 29.3. The van der Waals surface area contributed by atoms with Crippen molar-refractivity contribution in [2.75, 3.05) is 24.5 Å². The van der Waals surface area contributed by atoms with Crippen LogP contribution in [0.15, 0.2) is 65.8 Å². The summed E-state index contributed by atoms with van der Waals surface area (Å²) in [5, 5.41) is 0. The first-order chi connectivity index (χ1) is 23.3. The third-order valence-electron chi connectivity index (χ3n) is 8.49. The molecule has 258 valence electrons. The number of aryl methyl sites for hydroxylation is 2. The SMILES string of the molecule is Cc1cccc(C)c1-c1cc2nc(n1)NS(=O)(=O)c1cccc(c1)C(=O)N(Cc1ncc(OC3CCOCC3)cn1)[C@H](CC(C)(C)C)CO2. The number of nitrogens with zero attached hydrogens (tertiary/aromatic N) is 5. The maximum atomic E-state index is 14.4. The molecular weight excluding hydrogens is 644 g/mol. The van der Waals surface area contributed by atoms with Gasteiger partial charge in [-0.15, -0.1) is 0 Å². The van der Waals surface area contributed by atoms with Gasteiger partial charge in [0.1, 0.15) is 18.5 Å². The van der Waals surface area contributed by atoms with Crippen LogP contribution in [0.5, 0.6) is 11.6 Å². The second-order valence-corrected chi connectivity index (χ2v) is 15.4. The largest absolute Gasteiger partial charge is 0.487 e. The summed E-state index contributed by atoms with van der Waals surface area (Å²) in [6.07, 6.45) is 5.42. The molecule has 13 heteroatoms. The Morgan fingerprint density at radius 1 is 0.980 bits per heavy atom. The van der Waals surface area contributed by atoms with Crippen molar-refractivity contribution in [3.05, 3.63) is 83.4 Å². The van der Waals surface area contributed by atoms with Gasteiger partial charge in [-0.25, -0.2) is 28.1 Å². The van der Waals surface area contributed by atoms with Crippen molar-refractivity contribution in [1.82, 2.24) is 24.8 Å². The minimum absolute atomic E-state index is 0.0350. The van der Waals surface area contributed by atoms with Crippen LogP contribution in [-0.2, 0) is 21.3 Å². The van der Waals surface area contributed by atoms with E-state index in [0.717, 1.165) is 29.5 Å². The molecule has 2 aromatic heterocycles. The van der Waals surface area contributed by atoms with Crippen LogP contribution in [0.25, 0.3) is 11.3 Å². The summed E-state index contributed by atoms with van der Waals surface area (Å²) in [5.74, 6) is 0.615. The van der Waals surface area contributed by atoms with Gasteiger partial charge < -0.3 is 19.1 Å². The average molecular weight is 687 g/mol. The number of hydrogen-bond donors (Lipinski definition) is 1. The molecule has 6 rings (SSSR count). The van der Waals surface area contributed by atoms with Gasteiger partial charge in [-0.2, -0.15) is 4.98 Å². The van der Waals surface area contributed by atoms with Crippen molar-refractivity contribution in [3.63, 3.8) is 0 Å². The Morgan fingerprint density at radius 3 is 2.37 bits per heavy atom. The number of anilines is 1. The lowest BCUT2D eigenvalue weighted by molar-refractivity contribution is 0.0252. The summed E-state index contributed by atoms with van der Waals surface area (Å²) < 4.78 is 47.7. The predicted octanol–water partition coefficient (Wildman–Crippen LogP) is 5.75. The van der Waals surface area contributed by atoms with E-state index in [0.29, 0.717) is 36.9 Å². The second-order valence-electron chi connectivity index (χ2n) is 13.7. The number of carbonyl (C=O) groups excluding carboxylic acids is 1. The number of amides is 1. The minimum atomic E-state index is -4.18. The van der Waals surface area contributed by atoms with Crippen LogP contribution in [-0.4, -0.2) is 71.1 Å². The fourth-order valence-electron chi connectivity index (χ4n) is 6.17. The number of ether oxygens (including phenoxy) is 3. The van der Waals surface area contributed by atoms with E-state index in [1.807, 2.05) is 32.0 Å². The third-order valence-corrected chi connectivity index (χ3v) is 9.82. The molecule has 1 N–H and O–H groups in total. The fraction of sp³-hybridized carbons (Fsp3) is 0.417. The average Bonchev–Trinajstić information content (AvgIpc) is 3.05. The van der Waals surface area contributed by atoms with Crippen molar-refractivity contribution in [1.29, 1.82) is 0 Å². The topological polar surface area (TPSA) is 146 Å². The first-order valence-corrected chi connectivity index (χ1v) is 17.9. The molecule has 49 heavy (non-hydrogen) atoms. The van der Waals surface area contributed by atoms with Gasteiger partial charge in [-0.05, 0) is 55.0 Å². The third kappa shape index (κ3) is 8.34. The van der Waals surface area contributed by atoms with Crippen LogP contribution < -0.4 is 14.2 Å². The van der Waals surface area contributed by atoms with Crippen molar-refractivity contribution < 1.29 is 27.4 Å². The van der Waals surface area contributed by atoms with Crippen LogP contribution in [0.2, 0.25) is 0 Å². The summed E-state index contributed by atoms with van der Waals surface area (Å²) in [4.78, 5) is 34.1. The highest BCUT2D eigenvalue weighted by atomic mass is 32.2. The lowest BCUT2D eigenvalue weighted by atomic mass is 9.87. The Labute approximate surface area is 287 Å². The monoisotopic (exact) mass is 686 g/mol. The van der Waals surface area contributed by atoms with Crippen LogP contribution in [0, 0.1) is 19.3 Å². The van der Waals surface area contributed by atoms with E-state index >= 15 is 0 Å². The number of sulfonamides is 1. The number of rotatable bonds is 6. The normalized spacial score (nSPS) is 18.3. The highest BCUT2D eigenvalue weighted by Gasteiger charge is 2.32. The number of hydrogen-bond acceptors (Lipinski definition) is 10. The molecule has 4 heterocycles. The lowest BCUT2D eigenvalue weighted by Crippen LogP contribution is -2.45. The van der Waals surface area contributed by atoms with E-state index in [1.54, 1.807) is 35.5 Å². The van der Waals surface area contributed by atoms with E-state index in [-0.39, 0.29) is 52.9 Å². The molecule has 1 saturated heterocycles. The van der Waals surface area contributed by atoms with Gasteiger partial charge in [0.25, 0.3) is 15.9 Å². The molecule has 0 spiro atoms. The summed E-state index contributed by atoms with van der Waals surface area (Å²) in [6, 6.07) is 13.1. The van der Waals surface area contributed by atoms with Crippen molar-refractivity contribution in [2.45, 2.75) is 77.5 Å². The van der Waals surface area contributed by atoms with Gasteiger partial charge in [0, 0.05) is 30.0 Å². The van der Waals surface area contributed by atoms with Gasteiger partial charge in [-0.3, -0.25) is 4.79 Å². The number of nitrogens with one attached hydrogen (secondary N) is 1. The lowest BCUT2D eigenvalue weighted by Gasteiger charge is -2.35. The van der Waals surface area contributed by atoms with Crippen LogP contribution in [0.4, 0.5) is 5.95 Å². The second kappa shape index (κ2) is 14.1. The van der Waals surface area contributed by atoms with Crippen LogP contribution in [0.1, 0.15) is 67.3 Å². The molecule has 1 amide bonds. The maximum absolute atomic E-state index is 14.4. The molecule has 1 fully saturated rings. The zero-order chi connectivity index (χ0) is 34.8. The molecule has 1 atom stereocenters. The number of aromatic nitrogens is 4. The molecule has 2 aromatic carbocycles. The summed E-state index contributed by atoms with van der Waals surface area (Å²) >= 11 is 0. The Hall–Kier alpha value is -4.62. The molecular formula is C36H42N6O6S. The predicted molar refractivity (Wildman–Crippen MR) is 184 cm³/mol. The zero-order valence-electron chi connectivity index (χ0n) is 28.5. The molecule has 0 unspecified atom stereocenters. The minimum Gasteiger partial charge on any atom is -0.487 e. The molecule has 12 nitrogen and oxygen atoms in total. The van der Waals surface area contributed by atoms with Crippen LogP contribution >= 0.6 is 0 Å². The van der Waals surface area contributed by atoms with Gasteiger partial charge in [-0.1, -0.05) is 45.0 Å². The molecule has 4 bridgehead atoms. The molecule has 0 aliphatic carbocycles. The molecule has 0 radical (unpaired) electrons. The number of fused-ring (bicyclic) bond motifs is 4. The maximum Gasteiger partial charge on any atom is 0.264 e. The fourth-order valence-corrected chi connectivity index (χ4v) is 7.16. The van der Waals surface area contributed by atoms with Crippen LogP contribution in [0.3, 0.4) is 0 Å². The van der Waals surface area contributed by atoms with Gasteiger partial charge in [0.15, 0.2) is 5.75 Å². The van der Waals surface area contributed by atoms with E-state index in [4.69, 9.17) is 14.2 Å². The molecule has 0 saturated carbocycles. The Kier molecular flexibility index (Phi) is 9.84. The van der Waals surface area contributed by atoms with E-state index in [1.165, 1.54) is 12.1 Å².